The highest BCUT2D eigenvalue weighted by Crippen LogP contribution is 2.42. The molecule has 1 unspecified atom stereocenters. The molecule has 1 N–H and O–H groups in total. The lowest BCUT2D eigenvalue weighted by atomic mass is 9.81. The van der Waals surface area contributed by atoms with Crippen LogP contribution in [0.3, 0.4) is 0 Å². The summed E-state index contributed by atoms with van der Waals surface area (Å²) in [7, 11) is 0. The number of nitrogens with one attached hydrogen (secondary N) is 1. The predicted molar refractivity (Wildman–Crippen MR) is 125 cm³/mol. The van der Waals surface area contributed by atoms with Crippen molar-refractivity contribution in [2.75, 3.05) is 0 Å². The molecule has 0 heterocycles. The first-order valence-electron chi connectivity index (χ1n) is 10.3. The molecule has 1 atom stereocenters. The Morgan fingerprint density at radius 3 is 2.03 bits per heavy atom. The Hall–Kier alpha value is -2.93. The lowest BCUT2D eigenvalue weighted by molar-refractivity contribution is 0.937. The molecule has 1 aliphatic rings. The van der Waals surface area contributed by atoms with Crippen molar-refractivity contribution >= 4 is 16.5 Å². The van der Waals surface area contributed by atoms with Crippen LogP contribution in [-0.2, 0) is 0 Å². The zero-order valence-corrected chi connectivity index (χ0v) is 18.3. The van der Waals surface area contributed by atoms with E-state index in [4.69, 9.17) is 0 Å². The molecule has 29 heavy (non-hydrogen) atoms. The van der Waals surface area contributed by atoms with Gasteiger partial charge in [-0.3, -0.25) is 5.41 Å². The maximum absolute atomic E-state index is 9.21. The normalized spacial score (nSPS) is 16.5. The van der Waals surface area contributed by atoms with Crippen LogP contribution in [0, 0.1) is 26.2 Å². The van der Waals surface area contributed by atoms with Crippen molar-refractivity contribution in [1.29, 1.82) is 5.41 Å². The molecule has 0 bridgehead atoms. The minimum Gasteiger partial charge on any atom is -0.300 e. The van der Waals surface area contributed by atoms with Crippen LogP contribution in [-0.4, -0.2) is 5.71 Å². The number of allylic oxidation sites excluding steroid dienone is 4. The van der Waals surface area contributed by atoms with Crippen LogP contribution in [0.2, 0.25) is 0 Å². The highest BCUT2D eigenvalue weighted by atomic mass is 14.4. The number of fused-ring (bicyclic) bond motifs is 1. The Morgan fingerprint density at radius 2 is 1.41 bits per heavy atom. The number of benzene rings is 3. The first kappa shape index (κ1) is 19.4. The minimum absolute atomic E-state index is 0.252. The van der Waals surface area contributed by atoms with E-state index in [-0.39, 0.29) is 5.92 Å². The van der Waals surface area contributed by atoms with Crippen LogP contribution in [0.15, 0.2) is 71.3 Å². The Balaban J connectivity index is 1.98. The van der Waals surface area contributed by atoms with E-state index in [9.17, 15) is 5.41 Å². The van der Waals surface area contributed by atoms with Gasteiger partial charge in [-0.2, -0.15) is 0 Å². The molecule has 3 aromatic rings. The third kappa shape index (κ3) is 3.15. The molecule has 146 valence electrons. The van der Waals surface area contributed by atoms with E-state index in [1.165, 1.54) is 49.7 Å². The maximum Gasteiger partial charge on any atom is 0.0690 e. The molecule has 0 saturated heterocycles. The Labute approximate surface area is 174 Å². The zero-order chi connectivity index (χ0) is 20.9. The molecular weight excluding hydrogens is 350 g/mol. The average Bonchev–Trinajstić information content (AvgIpc) is 2.96. The third-order valence-electron chi connectivity index (χ3n) is 6.78. The van der Waals surface area contributed by atoms with Crippen molar-refractivity contribution in [3.63, 3.8) is 0 Å². The van der Waals surface area contributed by atoms with Gasteiger partial charge in [-0.05, 0) is 86.7 Å². The first-order chi connectivity index (χ1) is 13.8. The van der Waals surface area contributed by atoms with Crippen LogP contribution in [0.4, 0.5) is 0 Å². The van der Waals surface area contributed by atoms with Crippen LogP contribution in [0.25, 0.3) is 10.8 Å². The van der Waals surface area contributed by atoms with Crippen LogP contribution < -0.4 is 0 Å². The molecule has 1 aliphatic carbocycles. The van der Waals surface area contributed by atoms with Gasteiger partial charge in [-0.15, -0.1) is 0 Å². The summed E-state index contributed by atoms with van der Waals surface area (Å²) in [5, 5.41) is 11.6. The summed E-state index contributed by atoms with van der Waals surface area (Å²) >= 11 is 0. The lowest BCUT2D eigenvalue weighted by Crippen LogP contribution is -2.12. The second-order valence-electron chi connectivity index (χ2n) is 8.53. The van der Waals surface area contributed by atoms with Gasteiger partial charge in [0.1, 0.15) is 0 Å². The molecule has 0 radical (unpaired) electrons. The van der Waals surface area contributed by atoms with Crippen molar-refractivity contribution in [1.82, 2.24) is 0 Å². The molecule has 1 nitrogen and oxygen atoms in total. The average molecular weight is 380 g/mol. The molecule has 0 spiro atoms. The van der Waals surface area contributed by atoms with Gasteiger partial charge in [0, 0.05) is 17.0 Å². The van der Waals surface area contributed by atoms with Crippen molar-refractivity contribution in [3.8, 4) is 0 Å². The monoisotopic (exact) mass is 379 g/mol. The van der Waals surface area contributed by atoms with E-state index in [0.717, 1.165) is 11.1 Å². The van der Waals surface area contributed by atoms with Gasteiger partial charge in [-0.25, -0.2) is 0 Å². The standard InChI is InChI=1S/C28H29N/c1-16-11-12-24(21(6)19(16)4)28(29)26-15-23-10-8-7-9-22(23)14-25(26)27-18(3)13-17(2)20(27)5/h7-15,27,29H,1-6H3. The van der Waals surface area contributed by atoms with E-state index in [2.05, 4.69) is 96.1 Å². The quantitative estimate of drug-likeness (QED) is 0.454. The van der Waals surface area contributed by atoms with E-state index >= 15 is 0 Å². The smallest absolute Gasteiger partial charge is 0.0690 e. The van der Waals surface area contributed by atoms with Crippen LogP contribution in [0.1, 0.15) is 60.1 Å². The number of aryl methyl sites for hydroxylation is 1. The SMILES string of the molecule is CC1=CC(C)=C(C)C1c1cc2ccccc2cc1C(=N)c1ccc(C)c(C)c1C. The molecule has 0 aromatic heterocycles. The number of hydrogen-bond acceptors (Lipinski definition) is 1. The van der Waals surface area contributed by atoms with Gasteiger partial charge in [0.15, 0.2) is 0 Å². The molecule has 0 aliphatic heterocycles. The molecule has 4 rings (SSSR count). The van der Waals surface area contributed by atoms with Crippen molar-refractivity contribution in [2.45, 2.75) is 47.5 Å². The van der Waals surface area contributed by atoms with Gasteiger partial charge in [0.05, 0.1) is 5.71 Å². The van der Waals surface area contributed by atoms with Crippen LogP contribution in [0.5, 0.6) is 0 Å². The first-order valence-corrected chi connectivity index (χ1v) is 10.3. The van der Waals surface area contributed by atoms with Gasteiger partial charge < -0.3 is 0 Å². The zero-order valence-electron chi connectivity index (χ0n) is 18.3. The molecular formula is C28H29N. The highest BCUT2D eigenvalue weighted by Gasteiger charge is 2.26. The van der Waals surface area contributed by atoms with Gasteiger partial charge in [0.2, 0.25) is 0 Å². The van der Waals surface area contributed by atoms with Gasteiger partial charge in [-0.1, -0.05) is 59.2 Å². The Kier molecular flexibility index (Phi) is 4.78. The van der Waals surface area contributed by atoms with E-state index in [0.29, 0.717) is 5.71 Å². The molecule has 0 amide bonds. The van der Waals surface area contributed by atoms with Gasteiger partial charge >= 0.3 is 0 Å². The molecule has 0 fully saturated rings. The fraction of sp³-hybridized carbons (Fsp3) is 0.250. The topological polar surface area (TPSA) is 23.9 Å². The summed E-state index contributed by atoms with van der Waals surface area (Å²) in [6, 6.07) is 17.3. The third-order valence-corrected chi connectivity index (χ3v) is 6.78. The maximum atomic E-state index is 9.21. The predicted octanol–water partition coefficient (Wildman–Crippen LogP) is 7.56. The summed E-state index contributed by atoms with van der Waals surface area (Å²) in [6.45, 7) is 13.1. The van der Waals surface area contributed by atoms with Crippen molar-refractivity contribution in [2.24, 2.45) is 0 Å². The number of rotatable bonds is 3. The van der Waals surface area contributed by atoms with Crippen molar-refractivity contribution in [3.05, 3.63) is 105 Å². The fourth-order valence-electron chi connectivity index (χ4n) is 4.67. The molecule has 1 heteroatoms. The van der Waals surface area contributed by atoms with Gasteiger partial charge in [0.25, 0.3) is 0 Å². The Bertz CT molecular complexity index is 1220. The second kappa shape index (κ2) is 7.15. The highest BCUT2D eigenvalue weighted by molar-refractivity contribution is 6.14. The molecule has 0 saturated carbocycles. The second-order valence-corrected chi connectivity index (χ2v) is 8.53. The largest absolute Gasteiger partial charge is 0.300 e. The number of hydrogen-bond donors (Lipinski definition) is 1. The van der Waals surface area contributed by atoms with E-state index in [1.807, 2.05) is 0 Å². The molecule has 3 aromatic carbocycles. The van der Waals surface area contributed by atoms with E-state index < -0.39 is 0 Å². The summed E-state index contributed by atoms with van der Waals surface area (Å²) in [4.78, 5) is 0. The summed E-state index contributed by atoms with van der Waals surface area (Å²) < 4.78 is 0. The minimum atomic E-state index is 0.252. The fourth-order valence-corrected chi connectivity index (χ4v) is 4.67. The van der Waals surface area contributed by atoms with E-state index in [1.54, 1.807) is 0 Å². The lowest BCUT2D eigenvalue weighted by Gasteiger charge is -2.22. The summed E-state index contributed by atoms with van der Waals surface area (Å²) in [5.41, 5.74) is 11.8. The van der Waals surface area contributed by atoms with Crippen molar-refractivity contribution < 1.29 is 0 Å². The Morgan fingerprint density at radius 1 is 0.759 bits per heavy atom. The summed E-state index contributed by atoms with van der Waals surface area (Å²) in [5.74, 6) is 0.252. The van der Waals surface area contributed by atoms with Crippen LogP contribution >= 0.6 is 0 Å². The summed E-state index contributed by atoms with van der Waals surface area (Å²) in [6.07, 6.45) is 2.30.